The molecule has 0 saturated carbocycles. The van der Waals surface area contributed by atoms with Crippen molar-refractivity contribution in [1.82, 2.24) is 9.97 Å². The lowest BCUT2D eigenvalue weighted by Crippen LogP contribution is -2.32. The van der Waals surface area contributed by atoms with Crippen LogP contribution in [0.5, 0.6) is 0 Å². The summed E-state index contributed by atoms with van der Waals surface area (Å²) in [6.45, 7) is 4.97. The predicted octanol–water partition coefficient (Wildman–Crippen LogP) is 1.75. The summed E-state index contributed by atoms with van der Waals surface area (Å²) >= 11 is 1.67. The maximum absolute atomic E-state index is 9.82. The van der Waals surface area contributed by atoms with E-state index in [1.165, 1.54) is 10.4 Å². The van der Waals surface area contributed by atoms with Gasteiger partial charge < -0.3 is 14.7 Å². The van der Waals surface area contributed by atoms with Gasteiger partial charge in [0.25, 0.3) is 0 Å². The molecule has 6 heteroatoms. The van der Waals surface area contributed by atoms with Crippen LogP contribution < -0.4 is 4.90 Å². The van der Waals surface area contributed by atoms with E-state index in [1.54, 1.807) is 24.8 Å². The molecule has 0 aliphatic rings. The molecule has 1 atom stereocenters. The van der Waals surface area contributed by atoms with Crippen molar-refractivity contribution in [2.24, 2.45) is 0 Å². The summed E-state index contributed by atoms with van der Waals surface area (Å²) in [4.78, 5) is 12.9. The van der Waals surface area contributed by atoms with Crippen molar-refractivity contribution in [3.63, 3.8) is 0 Å². The van der Waals surface area contributed by atoms with Gasteiger partial charge in [0.2, 0.25) is 0 Å². The van der Waals surface area contributed by atoms with Gasteiger partial charge in [-0.15, -0.1) is 11.3 Å². The first-order valence-electron chi connectivity index (χ1n) is 6.13. The summed E-state index contributed by atoms with van der Waals surface area (Å²) in [5.41, 5.74) is 1.21. The highest BCUT2D eigenvalue weighted by Gasteiger charge is 2.16. The lowest BCUT2D eigenvalue weighted by atomic mass is 10.2. The van der Waals surface area contributed by atoms with Crippen LogP contribution >= 0.6 is 11.3 Å². The number of hydrogen-bond acceptors (Lipinski definition) is 6. The Bertz CT molecular complexity index is 570. The van der Waals surface area contributed by atoms with Crippen LogP contribution in [0.4, 0.5) is 5.82 Å². The molecule has 0 aliphatic heterocycles. The molecule has 0 spiro atoms. The Morgan fingerprint density at radius 2 is 2.16 bits per heavy atom. The first kappa shape index (κ1) is 14.2. The van der Waals surface area contributed by atoms with Gasteiger partial charge in [0.05, 0.1) is 18.1 Å². The van der Waals surface area contributed by atoms with E-state index in [1.807, 2.05) is 11.9 Å². The van der Waals surface area contributed by atoms with Crippen LogP contribution in [0.2, 0.25) is 0 Å². The Morgan fingerprint density at radius 1 is 1.42 bits per heavy atom. The second-order valence-electron chi connectivity index (χ2n) is 4.65. The minimum Gasteiger partial charge on any atom is -0.389 e. The van der Waals surface area contributed by atoms with Crippen molar-refractivity contribution >= 4 is 27.4 Å². The lowest BCUT2D eigenvalue weighted by molar-refractivity contribution is 0.0694. The number of hydrogen-bond donors (Lipinski definition) is 1. The second kappa shape index (κ2) is 5.81. The summed E-state index contributed by atoms with van der Waals surface area (Å²) in [6, 6.07) is 0. The maximum Gasteiger partial charge on any atom is 0.140 e. The average Bonchev–Trinajstić information content (AvgIpc) is 2.65. The molecule has 2 heterocycles. The van der Waals surface area contributed by atoms with Crippen molar-refractivity contribution in [2.75, 3.05) is 32.2 Å². The third-order valence-corrected chi connectivity index (χ3v) is 4.27. The number of nitrogens with zero attached hydrogens (tertiary/aromatic N) is 3. The molecular weight excluding hydrogens is 262 g/mol. The summed E-state index contributed by atoms with van der Waals surface area (Å²) in [6.07, 6.45) is 1.05. The minimum absolute atomic E-state index is 0.320. The molecular formula is C13H19N3O2S. The van der Waals surface area contributed by atoms with Crippen molar-refractivity contribution in [3.8, 4) is 0 Å². The number of ether oxygens (including phenoxy) is 1. The SMILES string of the molecule is COCC(O)CN(C)c1ncnc2sc(C)c(C)c12. The topological polar surface area (TPSA) is 58.5 Å². The Kier molecular flexibility index (Phi) is 4.34. The van der Waals surface area contributed by atoms with E-state index >= 15 is 0 Å². The third kappa shape index (κ3) is 2.86. The second-order valence-corrected chi connectivity index (χ2v) is 5.85. The normalized spacial score (nSPS) is 12.9. The van der Waals surface area contributed by atoms with Crippen LogP contribution in [-0.2, 0) is 4.74 Å². The monoisotopic (exact) mass is 281 g/mol. The molecule has 0 fully saturated rings. The summed E-state index contributed by atoms with van der Waals surface area (Å²) < 4.78 is 4.95. The zero-order valence-electron chi connectivity index (χ0n) is 11.7. The van der Waals surface area contributed by atoms with Crippen LogP contribution in [0.15, 0.2) is 6.33 Å². The lowest BCUT2D eigenvalue weighted by Gasteiger charge is -2.22. The van der Waals surface area contributed by atoms with Gasteiger partial charge in [-0.1, -0.05) is 0 Å². The number of aliphatic hydroxyl groups excluding tert-OH is 1. The molecule has 2 aromatic heterocycles. The number of rotatable bonds is 5. The van der Waals surface area contributed by atoms with Crippen LogP contribution in [0.3, 0.4) is 0 Å². The Morgan fingerprint density at radius 3 is 2.84 bits per heavy atom. The number of likely N-dealkylation sites (N-methyl/N-ethyl adjacent to an activating group) is 1. The van der Waals surface area contributed by atoms with E-state index in [4.69, 9.17) is 4.74 Å². The number of aliphatic hydroxyl groups is 1. The molecule has 1 N–H and O–H groups in total. The number of thiophene rings is 1. The van der Waals surface area contributed by atoms with Crippen LogP contribution in [-0.4, -0.2) is 48.5 Å². The average molecular weight is 281 g/mol. The first-order chi connectivity index (χ1) is 9.04. The van der Waals surface area contributed by atoms with E-state index < -0.39 is 6.10 Å². The molecule has 5 nitrogen and oxygen atoms in total. The molecule has 1 unspecified atom stereocenters. The zero-order valence-corrected chi connectivity index (χ0v) is 12.5. The highest BCUT2D eigenvalue weighted by atomic mass is 32.1. The zero-order chi connectivity index (χ0) is 14.0. The summed E-state index contributed by atoms with van der Waals surface area (Å²) in [7, 11) is 3.51. The molecule has 2 aromatic rings. The smallest absolute Gasteiger partial charge is 0.140 e. The van der Waals surface area contributed by atoms with Gasteiger partial charge in [-0.05, 0) is 19.4 Å². The van der Waals surface area contributed by atoms with E-state index in [2.05, 4.69) is 23.8 Å². The van der Waals surface area contributed by atoms with Crippen molar-refractivity contribution < 1.29 is 9.84 Å². The van der Waals surface area contributed by atoms with Crippen molar-refractivity contribution in [1.29, 1.82) is 0 Å². The largest absolute Gasteiger partial charge is 0.389 e. The standard InChI is InChI=1S/C13H19N3O2S/c1-8-9(2)19-13-11(8)12(14-7-15-13)16(3)5-10(17)6-18-4/h7,10,17H,5-6H2,1-4H3. The van der Waals surface area contributed by atoms with Crippen molar-refractivity contribution in [3.05, 3.63) is 16.8 Å². The Balaban J connectivity index is 2.34. The molecule has 0 bridgehead atoms. The molecule has 0 amide bonds. The third-order valence-electron chi connectivity index (χ3n) is 3.15. The minimum atomic E-state index is -0.528. The molecule has 19 heavy (non-hydrogen) atoms. The number of aromatic nitrogens is 2. The van der Waals surface area contributed by atoms with E-state index in [0.29, 0.717) is 13.2 Å². The number of fused-ring (bicyclic) bond motifs is 1. The molecule has 0 radical (unpaired) electrons. The van der Waals surface area contributed by atoms with Crippen LogP contribution in [0.1, 0.15) is 10.4 Å². The van der Waals surface area contributed by atoms with Crippen LogP contribution in [0.25, 0.3) is 10.2 Å². The van der Waals surface area contributed by atoms with Crippen molar-refractivity contribution in [2.45, 2.75) is 20.0 Å². The molecule has 0 aliphatic carbocycles. The van der Waals surface area contributed by atoms with Gasteiger partial charge in [0.1, 0.15) is 17.0 Å². The Labute approximate surface area is 116 Å². The first-order valence-corrected chi connectivity index (χ1v) is 6.95. The number of aryl methyl sites for hydroxylation is 2. The van der Waals surface area contributed by atoms with E-state index in [0.717, 1.165) is 16.0 Å². The number of anilines is 1. The van der Waals surface area contributed by atoms with Gasteiger partial charge in [-0.3, -0.25) is 0 Å². The summed E-state index contributed by atoms with van der Waals surface area (Å²) in [5.74, 6) is 0.863. The summed E-state index contributed by atoms with van der Waals surface area (Å²) in [5, 5.41) is 10.9. The fourth-order valence-corrected chi connectivity index (χ4v) is 3.09. The molecule has 0 saturated heterocycles. The quantitative estimate of drug-likeness (QED) is 0.905. The van der Waals surface area contributed by atoms with Crippen LogP contribution in [0, 0.1) is 13.8 Å². The predicted molar refractivity (Wildman–Crippen MR) is 78.0 cm³/mol. The van der Waals surface area contributed by atoms with Gasteiger partial charge in [-0.25, -0.2) is 9.97 Å². The van der Waals surface area contributed by atoms with E-state index in [9.17, 15) is 5.11 Å². The van der Waals surface area contributed by atoms with Gasteiger partial charge in [0.15, 0.2) is 0 Å². The Hall–Kier alpha value is -1.24. The fraction of sp³-hybridized carbons (Fsp3) is 0.538. The maximum atomic E-state index is 9.82. The fourth-order valence-electron chi connectivity index (χ4n) is 2.10. The molecule has 104 valence electrons. The molecule has 2 rings (SSSR count). The van der Waals surface area contributed by atoms with Gasteiger partial charge in [0, 0.05) is 25.6 Å². The van der Waals surface area contributed by atoms with Gasteiger partial charge in [-0.2, -0.15) is 0 Å². The van der Waals surface area contributed by atoms with Gasteiger partial charge >= 0.3 is 0 Å². The molecule has 0 aromatic carbocycles. The highest BCUT2D eigenvalue weighted by molar-refractivity contribution is 7.18. The van der Waals surface area contributed by atoms with E-state index in [-0.39, 0.29) is 0 Å². The highest BCUT2D eigenvalue weighted by Crippen LogP contribution is 2.33. The number of methoxy groups -OCH3 is 1.